The average Bonchev–Trinajstić information content (AvgIpc) is 2.72. The Morgan fingerprint density at radius 2 is 2.50 bits per heavy atom. The van der Waals surface area contributed by atoms with Gasteiger partial charge in [-0.3, -0.25) is 0 Å². The van der Waals surface area contributed by atoms with E-state index in [1.54, 1.807) is 6.20 Å². The molecule has 0 radical (unpaired) electrons. The summed E-state index contributed by atoms with van der Waals surface area (Å²) in [4.78, 5) is 0. The average molecular weight is 187 g/mol. The van der Waals surface area contributed by atoms with Crippen LogP contribution in [0.5, 0.6) is 0 Å². The molecular weight excluding hydrogens is 174 g/mol. The summed E-state index contributed by atoms with van der Waals surface area (Å²) in [5.41, 5.74) is 0.996. The molecule has 1 unspecified atom stereocenters. The van der Waals surface area contributed by atoms with Crippen molar-refractivity contribution >= 4 is 0 Å². The number of aromatic nitrogens is 3. The smallest absolute Gasteiger partial charge is 0.0836 e. The molecule has 1 aliphatic rings. The summed E-state index contributed by atoms with van der Waals surface area (Å²) in [5, 5.41) is 10.5. The molecule has 1 aromatic rings. The summed E-state index contributed by atoms with van der Waals surface area (Å²) >= 11 is 0. The van der Waals surface area contributed by atoms with Crippen molar-refractivity contribution < 1.29 is 0 Å². The van der Waals surface area contributed by atoms with Crippen molar-refractivity contribution in [2.45, 2.75) is 12.8 Å². The van der Waals surface area contributed by atoms with Gasteiger partial charge in [0.1, 0.15) is 0 Å². The SMILES string of the molecule is C=CC1(Cc2cn[nH]n2)C=CC=CC1. The minimum absolute atomic E-state index is 0.0195. The molecule has 1 aromatic heterocycles. The first-order valence-corrected chi connectivity index (χ1v) is 4.67. The molecule has 0 aliphatic heterocycles. The van der Waals surface area contributed by atoms with Crippen LogP contribution in [-0.4, -0.2) is 15.4 Å². The number of H-pyrrole nitrogens is 1. The highest BCUT2D eigenvalue weighted by Gasteiger charge is 2.24. The summed E-state index contributed by atoms with van der Waals surface area (Å²) in [6, 6.07) is 0. The van der Waals surface area contributed by atoms with E-state index < -0.39 is 0 Å². The molecule has 0 fully saturated rings. The molecule has 1 N–H and O–H groups in total. The Kier molecular flexibility index (Phi) is 2.31. The van der Waals surface area contributed by atoms with E-state index in [0.717, 1.165) is 18.5 Å². The van der Waals surface area contributed by atoms with Gasteiger partial charge in [0.25, 0.3) is 0 Å². The zero-order chi connectivity index (χ0) is 9.86. The van der Waals surface area contributed by atoms with Crippen molar-refractivity contribution in [1.82, 2.24) is 15.4 Å². The predicted molar refractivity (Wildman–Crippen MR) is 55.6 cm³/mol. The summed E-state index contributed by atoms with van der Waals surface area (Å²) in [6.07, 6.45) is 14.0. The minimum Gasteiger partial charge on any atom is -0.198 e. The normalized spacial score (nSPS) is 25.1. The monoisotopic (exact) mass is 187 g/mol. The van der Waals surface area contributed by atoms with Gasteiger partial charge in [0, 0.05) is 11.8 Å². The fraction of sp³-hybridized carbons (Fsp3) is 0.273. The summed E-state index contributed by atoms with van der Waals surface area (Å²) in [6.45, 7) is 3.89. The summed E-state index contributed by atoms with van der Waals surface area (Å²) < 4.78 is 0. The molecule has 1 aliphatic carbocycles. The molecule has 2 rings (SSSR count). The molecule has 0 spiro atoms. The number of hydrogen-bond donors (Lipinski definition) is 1. The number of aromatic amines is 1. The summed E-state index contributed by atoms with van der Waals surface area (Å²) in [5.74, 6) is 0. The van der Waals surface area contributed by atoms with Gasteiger partial charge >= 0.3 is 0 Å². The van der Waals surface area contributed by atoms with Crippen molar-refractivity contribution in [1.29, 1.82) is 0 Å². The Labute approximate surface area is 83.2 Å². The van der Waals surface area contributed by atoms with Gasteiger partial charge in [0.15, 0.2) is 0 Å². The first-order valence-electron chi connectivity index (χ1n) is 4.67. The molecule has 3 heteroatoms. The third kappa shape index (κ3) is 1.66. The lowest BCUT2D eigenvalue weighted by Crippen LogP contribution is -2.18. The fourth-order valence-electron chi connectivity index (χ4n) is 1.68. The molecule has 1 heterocycles. The topological polar surface area (TPSA) is 41.6 Å². The van der Waals surface area contributed by atoms with Gasteiger partial charge in [-0.15, -0.1) is 6.58 Å². The Balaban J connectivity index is 2.18. The first-order chi connectivity index (χ1) is 6.85. The van der Waals surface area contributed by atoms with Gasteiger partial charge in [-0.05, 0) is 6.42 Å². The predicted octanol–water partition coefficient (Wildman–Crippen LogP) is 2.04. The molecule has 0 amide bonds. The highest BCUT2D eigenvalue weighted by atomic mass is 15.3. The van der Waals surface area contributed by atoms with Crippen LogP contribution in [0, 0.1) is 5.41 Å². The Hall–Kier alpha value is -1.64. The van der Waals surface area contributed by atoms with E-state index in [0.29, 0.717) is 0 Å². The van der Waals surface area contributed by atoms with Gasteiger partial charge in [-0.1, -0.05) is 30.4 Å². The molecule has 72 valence electrons. The van der Waals surface area contributed by atoms with E-state index in [-0.39, 0.29) is 5.41 Å². The molecule has 14 heavy (non-hydrogen) atoms. The lowest BCUT2D eigenvalue weighted by atomic mass is 9.78. The molecule has 0 saturated heterocycles. The van der Waals surface area contributed by atoms with Crippen molar-refractivity contribution in [2.24, 2.45) is 5.41 Å². The Morgan fingerprint density at radius 3 is 3.07 bits per heavy atom. The van der Waals surface area contributed by atoms with Crippen LogP contribution in [0.3, 0.4) is 0 Å². The van der Waals surface area contributed by atoms with Gasteiger partial charge in [0.2, 0.25) is 0 Å². The molecular formula is C11H13N3. The third-order valence-electron chi connectivity index (χ3n) is 2.55. The molecule has 0 saturated carbocycles. The zero-order valence-corrected chi connectivity index (χ0v) is 7.98. The van der Waals surface area contributed by atoms with Gasteiger partial charge in [0.05, 0.1) is 11.9 Å². The van der Waals surface area contributed by atoms with E-state index >= 15 is 0 Å². The number of nitrogens with zero attached hydrogens (tertiary/aromatic N) is 2. The van der Waals surface area contributed by atoms with Gasteiger partial charge in [-0.25, -0.2) is 0 Å². The van der Waals surface area contributed by atoms with E-state index in [1.807, 2.05) is 6.08 Å². The fourth-order valence-corrected chi connectivity index (χ4v) is 1.68. The minimum atomic E-state index is 0.0195. The third-order valence-corrected chi connectivity index (χ3v) is 2.55. The van der Waals surface area contributed by atoms with Crippen LogP contribution < -0.4 is 0 Å². The highest BCUT2D eigenvalue weighted by molar-refractivity contribution is 5.23. The standard InChI is InChI=1S/C11H13N3/c1-2-11(6-4-3-5-7-11)8-10-9-12-14-13-10/h2-6,9H,1,7-8H2,(H,12,13,14). The molecule has 1 atom stereocenters. The van der Waals surface area contributed by atoms with E-state index in [2.05, 4.69) is 46.3 Å². The highest BCUT2D eigenvalue weighted by Crippen LogP contribution is 2.32. The number of hydrogen-bond acceptors (Lipinski definition) is 2. The van der Waals surface area contributed by atoms with Gasteiger partial charge < -0.3 is 0 Å². The van der Waals surface area contributed by atoms with Crippen LogP contribution in [0.4, 0.5) is 0 Å². The number of allylic oxidation sites excluding steroid dienone is 5. The molecule has 0 aromatic carbocycles. The zero-order valence-electron chi connectivity index (χ0n) is 7.98. The van der Waals surface area contributed by atoms with Crippen molar-refractivity contribution in [3.05, 3.63) is 48.8 Å². The Morgan fingerprint density at radius 1 is 1.57 bits per heavy atom. The van der Waals surface area contributed by atoms with Crippen molar-refractivity contribution in [2.75, 3.05) is 0 Å². The van der Waals surface area contributed by atoms with Crippen LogP contribution in [0.2, 0.25) is 0 Å². The van der Waals surface area contributed by atoms with Crippen molar-refractivity contribution in [3.63, 3.8) is 0 Å². The number of nitrogens with one attached hydrogen (secondary N) is 1. The van der Waals surface area contributed by atoms with Crippen LogP contribution >= 0.6 is 0 Å². The Bertz CT molecular complexity index is 362. The van der Waals surface area contributed by atoms with E-state index in [4.69, 9.17) is 0 Å². The molecule has 3 nitrogen and oxygen atoms in total. The van der Waals surface area contributed by atoms with Crippen LogP contribution in [0.1, 0.15) is 12.1 Å². The van der Waals surface area contributed by atoms with Crippen LogP contribution in [0.15, 0.2) is 43.2 Å². The van der Waals surface area contributed by atoms with Gasteiger partial charge in [-0.2, -0.15) is 15.4 Å². The second-order valence-electron chi connectivity index (χ2n) is 3.57. The maximum atomic E-state index is 4.06. The van der Waals surface area contributed by atoms with E-state index in [1.165, 1.54) is 0 Å². The second-order valence-corrected chi connectivity index (χ2v) is 3.57. The maximum Gasteiger partial charge on any atom is 0.0836 e. The molecule has 0 bridgehead atoms. The van der Waals surface area contributed by atoms with Crippen LogP contribution in [-0.2, 0) is 6.42 Å². The maximum absolute atomic E-state index is 4.06. The first kappa shape index (κ1) is 8.94. The van der Waals surface area contributed by atoms with E-state index in [9.17, 15) is 0 Å². The van der Waals surface area contributed by atoms with Crippen LogP contribution in [0.25, 0.3) is 0 Å². The lowest BCUT2D eigenvalue weighted by Gasteiger charge is -2.26. The second kappa shape index (κ2) is 3.62. The quantitative estimate of drug-likeness (QED) is 0.736. The largest absolute Gasteiger partial charge is 0.198 e. The lowest BCUT2D eigenvalue weighted by molar-refractivity contribution is 0.486. The number of rotatable bonds is 3. The van der Waals surface area contributed by atoms with Crippen molar-refractivity contribution in [3.8, 4) is 0 Å². The summed E-state index contributed by atoms with van der Waals surface area (Å²) in [7, 11) is 0.